The highest BCUT2D eigenvalue weighted by Crippen LogP contribution is 2.39. The molecule has 1 aliphatic carbocycles. The lowest BCUT2D eigenvalue weighted by molar-refractivity contribution is 0.0944. The molecule has 0 atom stereocenters. The van der Waals surface area contributed by atoms with Crippen LogP contribution in [0.3, 0.4) is 0 Å². The van der Waals surface area contributed by atoms with Crippen LogP contribution < -0.4 is 5.32 Å². The summed E-state index contributed by atoms with van der Waals surface area (Å²) in [6.07, 6.45) is 7.58. The average Bonchev–Trinajstić information content (AvgIpc) is 3.08. The zero-order valence-electron chi connectivity index (χ0n) is 11.8. The van der Waals surface area contributed by atoms with E-state index in [9.17, 15) is 4.79 Å². The fraction of sp³-hybridized carbons (Fsp3) is 0.500. The number of amides is 1. The van der Waals surface area contributed by atoms with E-state index < -0.39 is 0 Å². The Hall–Kier alpha value is -2.11. The molecule has 1 amide bonds. The molecule has 2 heterocycles. The van der Waals surface area contributed by atoms with Crippen LogP contribution in [0.5, 0.6) is 0 Å². The smallest absolute Gasteiger partial charge is 0.269 e. The summed E-state index contributed by atoms with van der Waals surface area (Å²) in [7, 11) is 1.81. The monoisotopic (exact) mass is 273 g/mol. The summed E-state index contributed by atoms with van der Waals surface area (Å²) in [6.45, 7) is 3.42. The van der Waals surface area contributed by atoms with Gasteiger partial charge in [0.05, 0.1) is 12.5 Å². The van der Waals surface area contributed by atoms with Crippen molar-refractivity contribution in [2.24, 2.45) is 7.05 Å². The third kappa shape index (κ3) is 2.45. The van der Waals surface area contributed by atoms with Gasteiger partial charge in [-0.2, -0.15) is 0 Å². The molecule has 0 radical (unpaired) electrons. The number of rotatable bonds is 5. The topological polar surface area (TPSA) is 64.7 Å². The van der Waals surface area contributed by atoms with Gasteiger partial charge in [-0.05, 0) is 19.8 Å². The highest BCUT2D eigenvalue weighted by Gasteiger charge is 2.28. The van der Waals surface area contributed by atoms with Gasteiger partial charge in [-0.15, -0.1) is 0 Å². The molecule has 1 N–H and O–H groups in total. The first-order valence-electron chi connectivity index (χ1n) is 6.93. The van der Waals surface area contributed by atoms with Crippen molar-refractivity contribution in [3.05, 3.63) is 35.9 Å². The first kappa shape index (κ1) is 12.9. The molecule has 6 heteroatoms. The maximum absolute atomic E-state index is 12.0. The Morgan fingerprint density at radius 2 is 2.25 bits per heavy atom. The van der Waals surface area contributed by atoms with Crippen molar-refractivity contribution in [3.63, 3.8) is 0 Å². The van der Waals surface area contributed by atoms with Crippen LogP contribution in [0, 0.1) is 6.92 Å². The molecule has 1 fully saturated rings. The normalized spacial score (nSPS) is 14.5. The molecule has 0 bridgehead atoms. The summed E-state index contributed by atoms with van der Waals surface area (Å²) in [4.78, 5) is 20.4. The lowest BCUT2D eigenvalue weighted by Crippen LogP contribution is -2.29. The first-order valence-corrected chi connectivity index (χ1v) is 6.93. The summed E-state index contributed by atoms with van der Waals surface area (Å²) < 4.78 is 3.93. The van der Waals surface area contributed by atoms with Gasteiger partial charge in [0.1, 0.15) is 11.5 Å². The summed E-state index contributed by atoms with van der Waals surface area (Å²) in [5, 5.41) is 2.93. The van der Waals surface area contributed by atoms with E-state index in [0.717, 1.165) is 18.1 Å². The second-order valence-electron chi connectivity index (χ2n) is 5.33. The van der Waals surface area contributed by atoms with Crippen LogP contribution in [0.15, 0.2) is 18.7 Å². The second kappa shape index (κ2) is 5.11. The van der Waals surface area contributed by atoms with E-state index >= 15 is 0 Å². The van der Waals surface area contributed by atoms with E-state index in [1.165, 1.54) is 12.8 Å². The van der Waals surface area contributed by atoms with Crippen molar-refractivity contribution >= 4 is 5.91 Å². The fourth-order valence-corrected chi connectivity index (χ4v) is 2.39. The van der Waals surface area contributed by atoms with E-state index in [4.69, 9.17) is 0 Å². The fourth-order valence-electron chi connectivity index (χ4n) is 2.39. The van der Waals surface area contributed by atoms with Crippen molar-refractivity contribution in [2.45, 2.75) is 32.2 Å². The summed E-state index contributed by atoms with van der Waals surface area (Å²) in [5.41, 5.74) is 1.73. The van der Waals surface area contributed by atoms with Crippen LogP contribution >= 0.6 is 0 Å². The van der Waals surface area contributed by atoms with Gasteiger partial charge in [-0.25, -0.2) is 9.97 Å². The Kier molecular flexibility index (Phi) is 3.30. The molecule has 0 unspecified atom stereocenters. The number of carbonyl (C=O) groups excluding carboxylic acids is 1. The van der Waals surface area contributed by atoms with Gasteiger partial charge in [-0.1, -0.05) is 0 Å². The molecule has 1 aliphatic rings. The Labute approximate surface area is 117 Å². The van der Waals surface area contributed by atoms with Crippen LogP contribution in [0.1, 0.15) is 40.8 Å². The molecule has 1 saturated carbocycles. The molecule has 20 heavy (non-hydrogen) atoms. The lowest BCUT2D eigenvalue weighted by atomic mass is 10.3. The Bertz CT molecular complexity index is 623. The van der Waals surface area contributed by atoms with Crippen LogP contribution in [-0.4, -0.2) is 31.6 Å². The van der Waals surface area contributed by atoms with Crippen LogP contribution in [0.4, 0.5) is 0 Å². The average molecular weight is 273 g/mol. The number of nitrogens with one attached hydrogen (secondary N) is 1. The highest BCUT2D eigenvalue weighted by molar-refractivity contribution is 5.92. The minimum atomic E-state index is -0.0873. The second-order valence-corrected chi connectivity index (χ2v) is 5.33. The van der Waals surface area contributed by atoms with Crippen molar-refractivity contribution in [1.29, 1.82) is 0 Å². The summed E-state index contributed by atoms with van der Waals surface area (Å²) >= 11 is 0. The number of hydrogen-bond donors (Lipinski definition) is 1. The van der Waals surface area contributed by atoms with E-state index in [1.54, 1.807) is 17.1 Å². The van der Waals surface area contributed by atoms with Crippen molar-refractivity contribution < 1.29 is 4.79 Å². The molecule has 2 aromatic heterocycles. The van der Waals surface area contributed by atoms with E-state index in [2.05, 4.69) is 26.8 Å². The van der Waals surface area contributed by atoms with E-state index in [-0.39, 0.29) is 5.91 Å². The van der Waals surface area contributed by atoms with Crippen LogP contribution in [0.2, 0.25) is 0 Å². The van der Waals surface area contributed by atoms with Crippen LogP contribution in [0.25, 0.3) is 0 Å². The number of aromatic nitrogens is 4. The van der Waals surface area contributed by atoms with Gasteiger partial charge in [-0.3, -0.25) is 4.79 Å². The molecule has 0 spiro atoms. The van der Waals surface area contributed by atoms with Gasteiger partial charge >= 0.3 is 0 Å². The number of aryl methyl sites for hydroxylation is 2. The predicted octanol–water partition coefficient (Wildman–Crippen LogP) is 1.23. The Morgan fingerprint density at radius 1 is 1.45 bits per heavy atom. The first-order chi connectivity index (χ1) is 9.66. The van der Waals surface area contributed by atoms with Gasteiger partial charge in [0.25, 0.3) is 5.91 Å². The molecular weight excluding hydrogens is 254 g/mol. The SMILES string of the molecule is Cc1cnc(C2CC2)n1CCNC(=O)c1cncn1C. The Balaban J connectivity index is 1.59. The predicted molar refractivity (Wildman–Crippen MR) is 74.5 cm³/mol. The van der Waals surface area contributed by atoms with Crippen molar-refractivity contribution in [3.8, 4) is 0 Å². The van der Waals surface area contributed by atoms with Crippen molar-refractivity contribution in [1.82, 2.24) is 24.4 Å². The number of nitrogens with zero attached hydrogens (tertiary/aromatic N) is 4. The van der Waals surface area contributed by atoms with Crippen molar-refractivity contribution in [2.75, 3.05) is 6.54 Å². The molecule has 2 aromatic rings. The van der Waals surface area contributed by atoms with Gasteiger partial charge in [0.15, 0.2) is 0 Å². The lowest BCUT2D eigenvalue weighted by Gasteiger charge is -2.10. The summed E-state index contributed by atoms with van der Waals surface area (Å²) in [5.74, 6) is 1.70. The molecular formula is C14H19N5O. The maximum Gasteiger partial charge on any atom is 0.269 e. The molecule has 106 valence electrons. The molecule has 0 saturated heterocycles. The third-order valence-corrected chi connectivity index (χ3v) is 3.70. The van der Waals surface area contributed by atoms with Gasteiger partial charge in [0.2, 0.25) is 0 Å². The van der Waals surface area contributed by atoms with E-state index in [1.807, 2.05) is 13.2 Å². The number of hydrogen-bond acceptors (Lipinski definition) is 3. The highest BCUT2D eigenvalue weighted by atomic mass is 16.1. The van der Waals surface area contributed by atoms with Crippen LogP contribution in [-0.2, 0) is 13.6 Å². The maximum atomic E-state index is 12.0. The van der Waals surface area contributed by atoms with Gasteiger partial charge < -0.3 is 14.5 Å². The summed E-state index contributed by atoms with van der Waals surface area (Å²) in [6, 6.07) is 0. The number of carbonyl (C=O) groups is 1. The minimum absolute atomic E-state index is 0.0873. The zero-order valence-corrected chi connectivity index (χ0v) is 11.8. The molecule has 0 aliphatic heterocycles. The molecule has 3 rings (SSSR count). The quantitative estimate of drug-likeness (QED) is 0.891. The minimum Gasteiger partial charge on any atom is -0.349 e. The molecule has 0 aromatic carbocycles. The zero-order chi connectivity index (χ0) is 14.1. The Morgan fingerprint density at radius 3 is 2.90 bits per heavy atom. The third-order valence-electron chi connectivity index (χ3n) is 3.70. The standard InChI is InChI=1S/C14H19N5O/c1-10-7-17-13(11-3-4-11)19(10)6-5-16-14(20)12-8-15-9-18(12)2/h7-9,11H,3-6H2,1-2H3,(H,16,20). The molecule has 6 nitrogen and oxygen atoms in total. The van der Waals surface area contributed by atoms with E-state index in [0.29, 0.717) is 18.2 Å². The van der Waals surface area contributed by atoms with Gasteiger partial charge in [0, 0.05) is 37.9 Å². The largest absolute Gasteiger partial charge is 0.349 e. The number of imidazole rings is 2.